The van der Waals surface area contributed by atoms with E-state index in [2.05, 4.69) is 0 Å². The minimum atomic E-state index is -0.449. The number of amides is 2. The number of hydrogen-bond donors (Lipinski definition) is 4. The highest BCUT2D eigenvalue weighted by atomic mass is 35.5. The van der Waals surface area contributed by atoms with Gasteiger partial charge in [0.05, 0.1) is 20.1 Å². The second kappa shape index (κ2) is 15.7. The molecule has 0 aromatic heterocycles. The molecule has 0 atom stereocenters. The minimum absolute atomic E-state index is 0.0388. The molecule has 50 heavy (non-hydrogen) atoms. The Bertz CT molecular complexity index is 2030. The van der Waals surface area contributed by atoms with Crippen molar-refractivity contribution in [3.05, 3.63) is 125 Å². The Kier molecular flexibility index (Phi) is 11.6. The van der Waals surface area contributed by atoms with E-state index in [1.54, 1.807) is 22.0 Å². The maximum absolute atomic E-state index is 12.5. The Morgan fingerprint density at radius 1 is 0.600 bits per heavy atom. The van der Waals surface area contributed by atoms with E-state index in [1.807, 2.05) is 62.4 Å². The molecule has 260 valence electrons. The lowest BCUT2D eigenvalue weighted by Crippen LogP contribution is -2.35. The average molecular weight is 757 g/mol. The monoisotopic (exact) mass is 754 g/mol. The fourth-order valence-corrected chi connectivity index (χ4v) is 6.89. The van der Waals surface area contributed by atoms with E-state index in [4.69, 9.17) is 46.4 Å². The topological polar surface area (TPSA) is 122 Å². The molecule has 2 heterocycles. The van der Waals surface area contributed by atoms with Crippen LogP contribution in [0.2, 0.25) is 20.1 Å². The number of benzene rings is 4. The number of halogens is 4. The Morgan fingerprint density at radius 2 is 1.02 bits per heavy atom. The summed E-state index contributed by atoms with van der Waals surface area (Å²) in [5.74, 6) is -2.01. The number of rotatable bonds is 4. The van der Waals surface area contributed by atoms with E-state index in [0.29, 0.717) is 48.2 Å². The van der Waals surface area contributed by atoms with E-state index in [9.17, 15) is 30.0 Å². The van der Waals surface area contributed by atoms with Crippen molar-refractivity contribution in [2.24, 2.45) is 0 Å². The van der Waals surface area contributed by atoms with Gasteiger partial charge in [0.2, 0.25) is 11.8 Å². The van der Waals surface area contributed by atoms with Crippen LogP contribution >= 0.6 is 46.4 Å². The van der Waals surface area contributed by atoms with Crippen LogP contribution in [0.25, 0.3) is 12.2 Å². The van der Waals surface area contributed by atoms with E-state index in [-0.39, 0.29) is 45.0 Å². The van der Waals surface area contributed by atoms with E-state index >= 15 is 0 Å². The number of hydrogen-bond acceptors (Lipinski definition) is 6. The van der Waals surface area contributed by atoms with Crippen LogP contribution < -0.4 is 0 Å². The minimum Gasteiger partial charge on any atom is -0.503 e. The van der Waals surface area contributed by atoms with Crippen LogP contribution in [0.4, 0.5) is 0 Å². The van der Waals surface area contributed by atoms with Gasteiger partial charge in [0, 0.05) is 38.3 Å². The summed E-state index contributed by atoms with van der Waals surface area (Å²) in [7, 11) is 0. The molecule has 0 aliphatic carbocycles. The van der Waals surface area contributed by atoms with Gasteiger partial charge in [-0.25, -0.2) is 0 Å². The first-order valence-corrected chi connectivity index (χ1v) is 17.2. The molecule has 0 saturated carbocycles. The van der Waals surface area contributed by atoms with Crippen molar-refractivity contribution in [3.8, 4) is 23.0 Å². The zero-order valence-corrected chi connectivity index (χ0v) is 30.2. The molecule has 4 aromatic carbocycles. The first kappa shape index (κ1) is 36.9. The Labute approximate surface area is 310 Å². The third-order valence-electron chi connectivity index (χ3n) is 8.74. The van der Waals surface area contributed by atoms with Crippen LogP contribution in [-0.4, -0.2) is 55.1 Å². The van der Waals surface area contributed by atoms with Crippen LogP contribution in [0.5, 0.6) is 23.0 Å². The number of carbonyl (C=O) groups excluding carboxylic acids is 2. The van der Waals surface area contributed by atoms with Gasteiger partial charge in [-0.05, 0) is 77.8 Å². The molecule has 0 fully saturated rings. The van der Waals surface area contributed by atoms with Gasteiger partial charge in [-0.1, -0.05) is 100 Å². The van der Waals surface area contributed by atoms with Crippen LogP contribution in [0, 0.1) is 13.8 Å². The molecular formula is C38H34Cl4N2O6. The maximum Gasteiger partial charge on any atom is 0.246 e. The smallest absolute Gasteiger partial charge is 0.246 e. The Morgan fingerprint density at radius 3 is 1.48 bits per heavy atom. The molecule has 0 radical (unpaired) electrons. The van der Waals surface area contributed by atoms with Crippen LogP contribution in [0.3, 0.4) is 0 Å². The molecule has 0 bridgehead atoms. The summed E-state index contributed by atoms with van der Waals surface area (Å²) in [4.78, 5) is 28.2. The summed E-state index contributed by atoms with van der Waals surface area (Å²) >= 11 is 24.4. The highest BCUT2D eigenvalue weighted by molar-refractivity contribution is 6.37. The molecule has 2 amide bonds. The van der Waals surface area contributed by atoms with Crippen molar-refractivity contribution in [3.63, 3.8) is 0 Å². The van der Waals surface area contributed by atoms with Crippen molar-refractivity contribution in [2.45, 2.75) is 39.8 Å². The van der Waals surface area contributed by atoms with Gasteiger partial charge in [-0.15, -0.1) is 0 Å². The van der Waals surface area contributed by atoms with E-state index < -0.39 is 23.0 Å². The zero-order valence-electron chi connectivity index (χ0n) is 27.2. The predicted molar refractivity (Wildman–Crippen MR) is 198 cm³/mol. The lowest BCUT2D eigenvalue weighted by Gasteiger charge is -2.30. The third-order valence-corrected chi connectivity index (χ3v) is 10.4. The number of phenols is 4. The number of phenolic OH excluding ortho intramolecular Hbond substituents is 4. The molecule has 4 N–H and O–H groups in total. The van der Waals surface area contributed by atoms with Crippen molar-refractivity contribution in [1.82, 2.24) is 9.80 Å². The summed E-state index contributed by atoms with van der Waals surface area (Å²) in [6.07, 6.45) is 7.53. The molecule has 12 heteroatoms. The summed E-state index contributed by atoms with van der Waals surface area (Å²) in [5.41, 5.74) is 6.67. The van der Waals surface area contributed by atoms with Crippen LogP contribution in [0.1, 0.15) is 44.5 Å². The summed E-state index contributed by atoms with van der Waals surface area (Å²) < 4.78 is 0. The van der Waals surface area contributed by atoms with Crippen LogP contribution in [-0.2, 0) is 35.5 Å². The molecular weight excluding hydrogens is 722 g/mol. The van der Waals surface area contributed by atoms with Crippen molar-refractivity contribution < 1.29 is 30.0 Å². The summed E-state index contributed by atoms with van der Waals surface area (Å²) in [5, 5.41) is 39.6. The fraction of sp³-hybridized carbons (Fsp3) is 0.211. The number of fused-ring (bicyclic) bond motifs is 2. The Hall–Kier alpha value is -4.34. The first-order valence-electron chi connectivity index (χ1n) is 15.7. The summed E-state index contributed by atoms with van der Waals surface area (Å²) in [6, 6.07) is 15.7. The molecule has 0 saturated heterocycles. The van der Waals surface area contributed by atoms with Gasteiger partial charge in [0.25, 0.3) is 0 Å². The predicted octanol–water partition coefficient (Wildman–Crippen LogP) is 8.62. The largest absolute Gasteiger partial charge is 0.503 e. The van der Waals surface area contributed by atoms with Gasteiger partial charge in [-0.2, -0.15) is 0 Å². The standard InChI is InChI=1S/2C19H17Cl2NO3/c1-11-2-4-12(5-3-11)6-7-15(23)22-9-8-13-14(10-22)17(21)19(25)18(24)16(13)20;1-11-4-2-3-5-12(11)6-7-15(23)22-9-8-13-14(10-22)17(21)19(25)18(24)16(13)20/h2*2-7,24-25H,8-10H2,1H3/b7-6+;7-6-. The van der Waals surface area contributed by atoms with Crippen molar-refractivity contribution in [1.29, 1.82) is 0 Å². The van der Waals surface area contributed by atoms with E-state index in [1.165, 1.54) is 12.2 Å². The van der Waals surface area contributed by atoms with Gasteiger partial charge < -0.3 is 30.2 Å². The molecule has 0 unspecified atom stereocenters. The van der Waals surface area contributed by atoms with E-state index in [0.717, 1.165) is 22.3 Å². The van der Waals surface area contributed by atoms with Crippen LogP contribution in [0.15, 0.2) is 60.7 Å². The number of aryl methyl sites for hydroxylation is 2. The molecule has 6 rings (SSSR count). The number of carbonyl (C=O) groups is 2. The maximum atomic E-state index is 12.5. The van der Waals surface area contributed by atoms with Gasteiger partial charge >= 0.3 is 0 Å². The van der Waals surface area contributed by atoms with Crippen molar-refractivity contribution >= 4 is 70.4 Å². The lowest BCUT2D eigenvalue weighted by atomic mass is 9.98. The normalized spacial score (nSPS) is 14.0. The SMILES string of the molecule is Cc1ccc(/C=C/C(=O)N2CCc3c(Cl)c(O)c(O)c(Cl)c3C2)cc1.Cc1ccccc1/C=C\C(=O)N1CCc2c(Cl)c(O)c(O)c(Cl)c2C1. The molecule has 2 aliphatic rings. The molecule has 4 aromatic rings. The average Bonchev–Trinajstić information content (AvgIpc) is 3.13. The van der Waals surface area contributed by atoms with Gasteiger partial charge in [0.15, 0.2) is 23.0 Å². The number of aromatic hydroxyl groups is 4. The Balaban J connectivity index is 0.000000194. The van der Waals surface area contributed by atoms with Crippen molar-refractivity contribution in [2.75, 3.05) is 13.1 Å². The quantitative estimate of drug-likeness (QED) is 0.122. The van der Waals surface area contributed by atoms with Gasteiger partial charge in [0.1, 0.15) is 0 Å². The lowest BCUT2D eigenvalue weighted by molar-refractivity contribution is -0.127. The highest BCUT2D eigenvalue weighted by Crippen LogP contribution is 2.47. The highest BCUT2D eigenvalue weighted by Gasteiger charge is 2.29. The second-order valence-corrected chi connectivity index (χ2v) is 13.5. The number of nitrogens with zero attached hydrogens (tertiary/aromatic N) is 2. The third kappa shape index (κ3) is 7.84. The molecule has 0 spiro atoms. The second-order valence-electron chi connectivity index (χ2n) is 12.0. The zero-order chi connectivity index (χ0) is 36.3. The fourth-order valence-electron chi connectivity index (χ4n) is 5.77. The molecule has 2 aliphatic heterocycles. The first-order chi connectivity index (χ1) is 23.8. The molecule has 8 nitrogen and oxygen atoms in total. The summed E-state index contributed by atoms with van der Waals surface area (Å²) in [6.45, 7) is 5.39. The van der Waals surface area contributed by atoms with Gasteiger partial charge in [-0.3, -0.25) is 9.59 Å².